The summed E-state index contributed by atoms with van der Waals surface area (Å²) in [6.45, 7) is 4.47. The molecule has 124 valence electrons. The number of benzene rings is 1. The van der Waals surface area contributed by atoms with Crippen molar-refractivity contribution in [1.82, 2.24) is 20.5 Å². The third kappa shape index (κ3) is 3.96. The lowest BCUT2D eigenvalue weighted by Crippen LogP contribution is -2.30. The van der Waals surface area contributed by atoms with Crippen molar-refractivity contribution in [3.8, 4) is 11.5 Å². The molecule has 0 unspecified atom stereocenters. The number of amides is 2. The van der Waals surface area contributed by atoms with E-state index in [-0.39, 0.29) is 6.03 Å². The average Bonchev–Trinajstić information content (AvgIpc) is 3.21. The monoisotopic (exact) mass is 343 g/mol. The van der Waals surface area contributed by atoms with Crippen LogP contribution in [0.15, 0.2) is 35.2 Å². The Hall–Kier alpha value is -2.74. The molecule has 3 aromatic rings. The van der Waals surface area contributed by atoms with Gasteiger partial charge in [-0.05, 0) is 31.5 Å². The SMILES string of the molecule is Cc1cnc(CCNC(=O)Nc2cc(-c3nnco3)ccc2C)s1. The summed E-state index contributed by atoms with van der Waals surface area (Å²) in [6, 6.07) is 5.32. The Bertz CT molecular complexity index is 829. The van der Waals surface area contributed by atoms with Gasteiger partial charge in [-0.2, -0.15) is 0 Å². The summed E-state index contributed by atoms with van der Waals surface area (Å²) in [5.74, 6) is 0.414. The molecule has 0 saturated carbocycles. The molecule has 2 heterocycles. The first-order valence-electron chi connectivity index (χ1n) is 7.45. The lowest BCUT2D eigenvalue weighted by molar-refractivity contribution is 0.252. The topological polar surface area (TPSA) is 92.9 Å². The number of carbonyl (C=O) groups is 1. The molecule has 0 bridgehead atoms. The van der Waals surface area contributed by atoms with Crippen LogP contribution in [0.25, 0.3) is 11.5 Å². The lowest BCUT2D eigenvalue weighted by atomic mass is 10.1. The molecule has 7 nitrogen and oxygen atoms in total. The number of anilines is 1. The molecule has 0 saturated heterocycles. The van der Waals surface area contributed by atoms with Crippen LogP contribution in [0.1, 0.15) is 15.4 Å². The van der Waals surface area contributed by atoms with Gasteiger partial charge >= 0.3 is 6.03 Å². The van der Waals surface area contributed by atoms with Crippen LogP contribution >= 0.6 is 11.3 Å². The van der Waals surface area contributed by atoms with Gasteiger partial charge in [-0.1, -0.05) is 6.07 Å². The zero-order chi connectivity index (χ0) is 16.9. The van der Waals surface area contributed by atoms with Gasteiger partial charge in [0.25, 0.3) is 0 Å². The van der Waals surface area contributed by atoms with Crippen LogP contribution in [-0.2, 0) is 6.42 Å². The number of rotatable bonds is 5. The van der Waals surface area contributed by atoms with Gasteiger partial charge in [0.2, 0.25) is 12.3 Å². The van der Waals surface area contributed by atoms with E-state index >= 15 is 0 Å². The summed E-state index contributed by atoms with van der Waals surface area (Å²) in [5, 5.41) is 14.2. The lowest BCUT2D eigenvalue weighted by Gasteiger charge is -2.10. The summed E-state index contributed by atoms with van der Waals surface area (Å²) in [6.07, 6.45) is 3.83. The largest absolute Gasteiger partial charge is 0.423 e. The van der Waals surface area contributed by atoms with Gasteiger partial charge in [0.1, 0.15) is 0 Å². The fourth-order valence-electron chi connectivity index (χ4n) is 2.16. The molecule has 24 heavy (non-hydrogen) atoms. The summed E-state index contributed by atoms with van der Waals surface area (Å²) < 4.78 is 5.18. The van der Waals surface area contributed by atoms with E-state index in [1.165, 1.54) is 11.3 Å². The van der Waals surface area contributed by atoms with Crippen molar-refractivity contribution < 1.29 is 9.21 Å². The van der Waals surface area contributed by atoms with E-state index in [4.69, 9.17) is 4.42 Å². The molecule has 0 aliphatic rings. The summed E-state index contributed by atoms with van der Waals surface area (Å²) >= 11 is 1.64. The number of aryl methyl sites for hydroxylation is 2. The van der Waals surface area contributed by atoms with E-state index in [0.717, 1.165) is 16.1 Å². The van der Waals surface area contributed by atoms with Crippen LogP contribution in [0.5, 0.6) is 0 Å². The molecule has 0 spiro atoms. The number of aromatic nitrogens is 3. The Morgan fingerprint density at radius 3 is 2.92 bits per heavy atom. The van der Waals surface area contributed by atoms with E-state index in [0.29, 0.717) is 24.5 Å². The number of nitrogens with zero attached hydrogens (tertiary/aromatic N) is 3. The molecule has 2 aromatic heterocycles. The van der Waals surface area contributed by atoms with Gasteiger partial charge in [0, 0.05) is 35.3 Å². The molecule has 2 N–H and O–H groups in total. The highest BCUT2D eigenvalue weighted by molar-refractivity contribution is 7.11. The Morgan fingerprint density at radius 1 is 1.33 bits per heavy atom. The molecule has 0 radical (unpaired) electrons. The van der Waals surface area contributed by atoms with E-state index in [1.807, 2.05) is 38.2 Å². The highest BCUT2D eigenvalue weighted by Crippen LogP contribution is 2.23. The van der Waals surface area contributed by atoms with Gasteiger partial charge in [0.05, 0.1) is 5.01 Å². The number of thiazole rings is 1. The standard InChI is InChI=1S/C16H17N5O2S/c1-10-3-4-12(15-21-19-9-23-15)7-13(10)20-16(22)17-6-5-14-18-8-11(2)24-14/h3-4,7-9H,5-6H2,1-2H3,(H2,17,20,22). The van der Waals surface area contributed by atoms with E-state index in [2.05, 4.69) is 25.8 Å². The van der Waals surface area contributed by atoms with Crippen molar-refractivity contribution in [3.63, 3.8) is 0 Å². The molecule has 0 aliphatic heterocycles. The molecule has 0 atom stereocenters. The molecule has 0 aliphatic carbocycles. The zero-order valence-electron chi connectivity index (χ0n) is 13.4. The highest BCUT2D eigenvalue weighted by atomic mass is 32.1. The minimum absolute atomic E-state index is 0.256. The van der Waals surface area contributed by atoms with Crippen molar-refractivity contribution in [2.45, 2.75) is 20.3 Å². The molecule has 0 fully saturated rings. The van der Waals surface area contributed by atoms with Crippen LogP contribution in [0, 0.1) is 13.8 Å². The summed E-state index contributed by atoms with van der Waals surface area (Å²) in [7, 11) is 0. The van der Waals surface area contributed by atoms with Crippen molar-refractivity contribution in [2.75, 3.05) is 11.9 Å². The van der Waals surface area contributed by atoms with E-state index in [9.17, 15) is 4.79 Å². The van der Waals surface area contributed by atoms with Gasteiger partial charge in [-0.3, -0.25) is 0 Å². The van der Waals surface area contributed by atoms with Crippen LogP contribution < -0.4 is 10.6 Å². The quantitative estimate of drug-likeness (QED) is 0.742. The predicted octanol–water partition coefficient (Wildman–Crippen LogP) is 3.17. The summed E-state index contributed by atoms with van der Waals surface area (Å²) in [4.78, 5) is 17.5. The average molecular weight is 343 g/mol. The minimum Gasteiger partial charge on any atom is -0.423 e. The molecule has 1 aromatic carbocycles. The molecular weight excluding hydrogens is 326 g/mol. The number of hydrogen-bond acceptors (Lipinski definition) is 6. The zero-order valence-corrected chi connectivity index (χ0v) is 14.2. The van der Waals surface area contributed by atoms with Crippen LogP contribution in [0.3, 0.4) is 0 Å². The Kier molecular flexibility index (Phi) is 4.85. The molecule has 8 heteroatoms. The highest BCUT2D eigenvalue weighted by Gasteiger charge is 2.09. The number of nitrogens with one attached hydrogen (secondary N) is 2. The number of urea groups is 1. The van der Waals surface area contributed by atoms with Crippen LogP contribution in [0.2, 0.25) is 0 Å². The van der Waals surface area contributed by atoms with Crippen LogP contribution in [-0.4, -0.2) is 27.8 Å². The predicted molar refractivity (Wildman–Crippen MR) is 92.0 cm³/mol. The minimum atomic E-state index is -0.256. The van der Waals surface area contributed by atoms with Gasteiger partial charge in [0.15, 0.2) is 0 Å². The molecule has 3 rings (SSSR count). The van der Waals surface area contributed by atoms with E-state index < -0.39 is 0 Å². The van der Waals surface area contributed by atoms with Crippen molar-refractivity contribution >= 4 is 23.1 Å². The maximum absolute atomic E-state index is 12.1. The summed E-state index contributed by atoms with van der Waals surface area (Å²) in [5.41, 5.74) is 2.41. The Morgan fingerprint density at radius 2 is 2.21 bits per heavy atom. The normalized spacial score (nSPS) is 10.6. The first-order chi connectivity index (χ1) is 11.6. The third-order valence-electron chi connectivity index (χ3n) is 3.39. The Labute approximate surface area is 143 Å². The number of hydrogen-bond donors (Lipinski definition) is 2. The third-order valence-corrected chi connectivity index (χ3v) is 4.36. The maximum Gasteiger partial charge on any atom is 0.319 e. The van der Waals surface area contributed by atoms with Crippen LogP contribution in [0.4, 0.5) is 10.5 Å². The van der Waals surface area contributed by atoms with Gasteiger partial charge in [-0.15, -0.1) is 21.5 Å². The maximum atomic E-state index is 12.1. The van der Waals surface area contributed by atoms with Crippen molar-refractivity contribution in [2.24, 2.45) is 0 Å². The van der Waals surface area contributed by atoms with Gasteiger partial charge < -0.3 is 15.1 Å². The smallest absolute Gasteiger partial charge is 0.319 e. The van der Waals surface area contributed by atoms with Crippen molar-refractivity contribution in [1.29, 1.82) is 0 Å². The first-order valence-corrected chi connectivity index (χ1v) is 8.27. The molecule has 2 amide bonds. The fourth-order valence-corrected chi connectivity index (χ4v) is 2.94. The van der Waals surface area contributed by atoms with E-state index in [1.54, 1.807) is 11.3 Å². The Balaban J connectivity index is 1.58. The first kappa shape index (κ1) is 16.1. The second-order valence-electron chi connectivity index (χ2n) is 5.27. The molecular formula is C16H17N5O2S. The second kappa shape index (κ2) is 7.22. The second-order valence-corrected chi connectivity index (χ2v) is 6.59. The number of carbonyl (C=O) groups excluding carboxylic acids is 1. The fraction of sp³-hybridized carbons (Fsp3) is 0.250. The van der Waals surface area contributed by atoms with Gasteiger partial charge in [-0.25, -0.2) is 9.78 Å². The van der Waals surface area contributed by atoms with Crippen molar-refractivity contribution in [3.05, 3.63) is 46.2 Å².